The van der Waals surface area contributed by atoms with E-state index in [-0.39, 0.29) is 4.90 Å². The Kier molecular flexibility index (Phi) is 5.38. The standard InChI is InChI=1S/C19H25N3O3S/c1-21(2)26(23,24)16-10-8-15(9-11-16)25-14-13-22-12-4-5-17-18(20)6-3-7-19(17)22/h3,6-11H,4-5,12-14,20H2,1-2H3. The van der Waals surface area contributed by atoms with Gasteiger partial charge in [0.2, 0.25) is 10.0 Å². The van der Waals surface area contributed by atoms with Gasteiger partial charge in [-0.15, -0.1) is 0 Å². The van der Waals surface area contributed by atoms with Crippen LogP contribution in [0, 0.1) is 0 Å². The normalized spacial score (nSPS) is 14.3. The number of nitrogens with zero attached hydrogens (tertiary/aromatic N) is 2. The Hall–Kier alpha value is -2.25. The lowest BCUT2D eigenvalue weighted by Crippen LogP contribution is -2.33. The van der Waals surface area contributed by atoms with Crippen molar-refractivity contribution in [3.8, 4) is 5.75 Å². The highest BCUT2D eigenvalue weighted by atomic mass is 32.2. The van der Waals surface area contributed by atoms with Crippen LogP contribution in [0.1, 0.15) is 12.0 Å². The van der Waals surface area contributed by atoms with Gasteiger partial charge in [-0.05, 0) is 54.8 Å². The van der Waals surface area contributed by atoms with Crippen LogP contribution < -0.4 is 15.4 Å². The zero-order chi connectivity index (χ0) is 18.7. The van der Waals surface area contributed by atoms with Gasteiger partial charge in [-0.1, -0.05) is 6.07 Å². The van der Waals surface area contributed by atoms with Crippen LogP contribution in [0.4, 0.5) is 11.4 Å². The van der Waals surface area contributed by atoms with E-state index in [1.54, 1.807) is 24.3 Å². The third-order valence-electron chi connectivity index (χ3n) is 4.62. The minimum absolute atomic E-state index is 0.260. The molecule has 0 aliphatic carbocycles. The third-order valence-corrected chi connectivity index (χ3v) is 6.44. The van der Waals surface area contributed by atoms with Crippen molar-refractivity contribution in [1.82, 2.24) is 4.31 Å². The van der Waals surface area contributed by atoms with Crippen molar-refractivity contribution >= 4 is 21.4 Å². The number of benzene rings is 2. The zero-order valence-electron chi connectivity index (χ0n) is 15.2. The molecule has 0 bridgehead atoms. The van der Waals surface area contributed by atoms with Gasteiger partial charge in [0, 0.05) is 32.0 Å². The number of nitrogen functional groups attached to an aromatic ring is 1. The molecule has 1 aliphatic heterocycles. The molecule has 0 saturated carbocycles. The van der Waals surface area contributed by atoms with Crippen LogP contribution in [0.25, 0.3) is 0 Å². The van der Waals surface area contributed by atoms with Crippen LogP contribution in [0.3, 0.4) is 0 Å². The van der Waals surface area contributed by atoms with E-state index in [1.165, 1.54) is 29.7 Å². The maximum Gasteiger partial charge on any atom is 0.242 e. The van der Waals surface area contributed by atoms with E-state index < -0.39 is 10.0 Å². The molecular weight excluding hydrogens is 350 g/mol. The summed E-state index contributed by atoms with van der Waals surface area (Å²) in [5, 5.41) is 0. The van der Waals surface area contributed by atoms with Crippen LogP contribution in [0.5, 0.6) is 5.75 Å². The summed E-state index contributed by atoms with van der Waals surface area (Å²) in [4.78, 5) is 2.55. The summed E-state index contributed by atoms with van der Waals surface area (Å²) >= 11 is 0. The largest absolute Gasteiger partial charge is 0.492 e. The first kappa shape index (κ1) is 18.5. The molecule has 2 aromatic rings. The van der Waals surface area contributed by atoms with Gasteiger partial charge in [-0.25, -0.2) is 12.7 Å². The quantitative estimate of drug-likeness (QED) is 0.785. The summed E-state index contributed by atoms with van der Waals surface area (Å²) in [7, 11) is -0.377. The summed E-state index contributed by atoms with van der Waals surface area (Å²) in [5.74, 6) is 0.660. The Bertz CT molecular complexity index is 864. The lowest BCUT2D eigenvalue weighted by molar-refractivity contribution is 0.322. The predicted octanol–water partition coefficient (Wildman–Crippen LogP) is 2.35. The Morgan fingerprint density at radius 1 is 1.15 bits per heavy atom. The van der Waals surface area contributed by atoms with E-state index in [2.05, 4.69) is 11.0 Å². The first-order valence-electron chi connectivity index (χ1n) is 8.67. The van der Waals surface area contributed by atoms with Gasteiger partial charge in [0.25, 0.3) is 0 Å². The van der Waals surface area contributed by atoms with Crippen molar-refractivity contribution in [3.63, 3.8) is 0 Å². The highest BCUT2D eigenvalue weighted by Gasteiger charge is 2.19. The molecular formula is C19H25N3O3S. The number of fused-ring (bicyclic) bond motifs is 1. The highest BCUT2D eigenvalue weighted by molar-refractivity contribution is 7.89. The van der Waals surface area contributed by atoms with Gasteiger partial charge in [-0.2, -0.15) is 0 Å². The molecule has 1 heterocycles. The van der Waals surface area contributed by atoms with Gasteiger partial charge in [0.15, 0.2) is 0 Å². The molecule has 140 valence electrons. The predicted molar refractivity (Wildman–Crippen MR) is 104 cm³/mol. The second-order valence-electron chi connectivity index (χ2n) is 6.54. The Labute approximate surface area is 155 Å². The maximum atomic E-state index is 12.1. The average Bonchev–Trinajstić information content (AvgIpc) is 2.63. The summed E-state index contributed by atoms with van der Waals surface area (Å²) < 4.78 is 31.2. The fraction of sp³-hybridized carbons (Fsp3) is 0.368. The van der Waals surface area contributed by atoms with E-state index in [9.17, 15) is 8.42 Å². The summed E-state index contributed by atoms with van der Waals surface area (Å²) in [6.07, 6.45) is 2.10. The van der Waals surface area contributed by atoms with Crippen LogP contribution in [-0.2, 0) is 16.4 Å². The number of hydrogen-bond acceptors (Lipinski definition) is 5. The lowest BCUT2D eigenvalue weighted by atomic mass is 10.00. The van der Waals surface area contributed by atoms with Gasteiger partial charge >= 0.3 is 0 Å². The Morgan fingerprint density at radius 2 is 1.88 bits per heavy atom. The number of hydrogen-bond donors (Lipinski definition) is 1. The van der Waals surface area contributed by atoms with E-state index in [0.29, 0.717) is 12.4 Å². The fourth-order valence-corrected chi connectivity index (χ4v) is 4.05. The zero-order valence-corrected chi connectivity index (χ0v) is 16.0. The molecule has 1 aliphatic rings. The molecule has 0 unspecified atom stereocenters. The van der Waals surface area contributed by atoms with Gasteiger partial charge in [0.1, 0.15) is 12.4 Å². The molecule has 2 N–H and O–H groups in total. The number of nitrogens with two attached hydrogens (primary N) is 1. The molecule has 7 heteroatoms. The van der Waals surface area contributed by atoms with Gasteiger partial charge in [-0.3, -0.25) is 0 Å². The fourth-order valence-electron chi connectivity index (χ4n) is 3.15. The van der Waals surface area contributed by atoms with E-state index in [0.717, 1.165) is 31.6 Å². The molecule has 0 saturated heterocycles. The Balaban J connectivity index is 1.61. The average molecular weight is 375 g/mol. The van der Waals surface area contributed by atoms with Crippen molar-refractivity contribution < 1.29 is 13.2 Å². The SMILES string of the molecule is CN(C)S(=O)(=O)c1ccc(OCCN2CCCc3c(N)cccc32)cc1. The van der Waals surface area contributed by atoms with Crippen molar-refractivity contribution in [2.45, 2.75) is 17.7 Å². The first-order chi connectivity index (χ1) is 12.4. The second kappa shape index (κ2) is 7.55. The molecule has 0 amide bonds. The van der Waals surface area contributed by atoms with Crippen LogP contribution >= 0.6 is 0 Å². The minimum Gasteiger partial charge on any atom is -0.492 e. The first-order valence-corrected chi connectivity index (χ1v) is 10.1. The van der Waals surface area contributed by atoms with E-state index >= 15 is 0 Å². The molecule has 0 atom stereocenters. The number of sulfonamides is 1. The van der Waals surface area contributed by atoms with Gasteiger partial charge < -0.3 is 15.4 Å². The van der Waals surface area contributed by atoms with Crippen molar-refractivity contribution in [3.05, 3.63) is 48.0 Å². The number of rotatable bonds is 6. The Morgan fingerprint density at radius 3 is 2.58 bits per heavy atom. The molecule has 0 radical (unpaired) electrons. The lowest BCUT2D eigenvalue weighted by Gasteiger charge is -2.31. The minimum atomic E-state index is -3.41. The molecule has 0 spiro atoms. The van der Waals surface area contributed by atoms with Crippen LogP contribution in [-0.4, -0.2) is 46.5 Å². The smallest absolute Gasteiger partial charge is 0.242 e. The number of ether oxygens (including phenoxy) is 1. The summed E-state index contributed by atoms with van der Waals surface area (Å²) in [6.45, 7) is 2.27. The molecule has 0 fully saturated rings. The van der Waals surface area contributed by atoms with Gasteiger partial charge in [0.05, 0.1) is 11.4 Å². The van der Waals surface area contributed by atoms with E-state index in [4.69, 9.17) is 10.5 Å². The van der Waals surface area contributed by atoms with E-state index in [1.807, 2.05) is 12.1 Å². The maximum absolute atomic E-state index is 12.1. The molecule has 6 nitrogen and oxygen atoms in total. The molecule has 3 rings (SSSR count). The molecule has 2 aromatic carbocycles. The summed E-state index contributed by atoms with van der Waals surface area (Å²) in [5.41, 5.74) is 9.34. The molecule has 26 heavy (non-hydrogen) atoms. The van der Waals surface area contributed by atoms with Crippen molar-refractivity contribution in [2.24, 2.45) is 0 Å². The number of anilines is 2. The second-order valence-corrected chi connectivity index (χ2v) is 8.69. The topological polar surface area (TPSA) is 75.9 Å². The van der Waals surface area contributed by atoms with Crippen LogP contribution in [0.15, 0.2) is 47.4 Å². The molecule has 0 aromatic heterocycles. The van der Waals surface area contributed by atoms with Crippen LogP contribution in [0.2, 0.25) is 0 Å². The third kappa shape index (κ3) is 3.78. The summed E-state index contributed by atoms with van der Waals surface area (Å²) in [6, 6.07) is 12.6. The highest BCUT2D eigenvalue weighted by Crippen LogP contribution is 2.31. The monoisotopic (exact) mass is 375 g/mol. The van der Waals surface area contributed by atoms with Crippen molar-refractivity contribution in [1.29, 1.82) is 0 Å². The van der Waals surface area contributed by atoms with Crippen molar-refractivity contribution in [2.75, 3.05) is 44.4 Å².